The Morgan fingerprint density at radius 1 is 1.28 bits per heavy atom. The summed E-state index contributed by atoms with van der Waals surface area (Å²) in [4.78, 5) is 15.9. The van der Waals surface area contributed by atoms with E-state index in [1.807, 2.05) is 0 Å². The standard InChI is InChI=1S/C14H12FNO2/c1-18-14-7-6-10(9-16-14)8-13(17)11-4-2-3-5-12(11)15/h2-7,9H,8H2,1H3. The number of nitrogens with zero attached hydrogens (tertiary/aromatic N) is 1. The van der Waals surface area contributed by atoms with Crippen molar-refractivity contribution in [1.82, 2.24) is 4.98 Å². The molecule has 0 saturated heterocycles. The zero-order chi connectivity index (χ0) is 13.0. The van der Waals surface area contributed by atoms with Gasteiger partial charge in [-0.2, -0.15) is 0 Å². The lowest BCUT2D eigenvalue weighted by Crippen LogP contribution is -2.06. The average Bonchev–Trinajstić information content (AvgIpc) is 2.40. The fourth-order valence-electron chi connectivity index (χ4n) is 1.60. The number of hydrogen-bond donors (Lipinski definition) is 0. The Bertz CT molecular complexity index is 552. The molecule has 0 spiro atoms. The second kappa shape index (κ2) is 5.40. The average molecular weight is 245 g/mol. The summed E-state index contributed by atoms with van der Waals surface area (Å²) < 4.78 is 18.3. The molecule has 0 fully saturated rings. The Morgan fingerprint density at radius 2 is 2.06 bits per heavy atom. The first-order chi connectivity index (χ1) is 8.70. The van der Waals surface area contributed by atoms with E-state index in [0.29, 0.717) is 5.88 Å². The van der Waals surface area contributed by atoms with Gasteiger partial charge in [0.25, 0.3) is 0 Å². The van der Waals surface area contributed by atoms with Crippen LogP contribution in [0.5, 0.6) is 5.88 Å². The molecule has 0 aliphatic rings. The van der Waals surface area contributed by atoms with Gasteiger partial charge in [-0.15, -0.1) is 0 Å². The van der Waals surface area contributed by atoms with E-state index < -0.39 is 5.82 Å². The van der Waals surface area contributed by atoms with Crippen LogP contribution in [0.3, 0.4) is 0 Å². The Balaban J connectivity index is 2.14. The third-order valence-corrected chi connectivity index (χ3v) is 2.55. The van der Waals surface area contributed by atoms with E-state index in [4.69, 9.17) is 4.74 Å². The van der Waals surface area contributed by atoms with Crippen LogP contribution < -0.4 is 4.74 Å². The molecule has 0 saturated carbocycles. The molecule has 1 heterocycles. The maximum atomic E-state index is 13.4. The fourth-order valence-corrected chi connectivity index (χ4v) is 1.60. The monoisotopic (exact) mass is 245 g/mol. The molecule has 0 aliphatic carbocycles. The van der Waals surface area contributed by atoms with Crippen molar-refractivity contribution in [2.45, 2.75) is 6.42 Å². The summed E-state index contributed by atoms with van der Waals surface area (Å²) in [6.07, 6.45) is 1.68. The molecule has 3 nitrogen and oxygen atoms in total. The first-order valence-corrected chi connectivity index (χ1v) is 5.47. The quantitative estimate of drug-likeness (QED) is 0.777. The van der Waals surface area contributed by atoms with E-state index in [1.54, 1.807) is 30.5 Å². The van der Waals surface area contributed by atoms with Crippen LogP contribution in [0.15, 0.2) is 42.6 Å². The minimum atomic E-state index is -0.496. The first kappa shape index (κ1) is 12.2. The molecular weight excluding hydrogens is 233 g/mol. The van der Waals surface area contributed by atoms with Gasteiger partial charge in [0.05, 0.1) is 12.7 Å². The topological polar surface area (TPSA) is 39.2 Å². The maximum absolute atomic E-state index is 13.4. The van der Waals surface area contributed by atoms with Crippen molar-refractivity contribution in [1.29, 1.82) is 0 Å². The molecular formula is C14H12FNO2. The molecule has 4 heteroatoms. The van der Waals surface area contributed by atoms with Crippen LogP contribution in [0.4, 0.5) is 4.39 Å². The van der Waals surface area contributed by atoms with Crippen molar-refractivity contribution in [3.05, 3.63) is 59.5 Å². The predicted octanol–water partition coefficient (Wildman–Crippen LogP) is 2.65. The highest BCUT2D eigenvalue weighted by molar-refractivity contribution is 5.97. The third-order valence-electron chi connectivity index (χ3n) is 2.55. The second-order valence-corrected chi connectivity index (χ2v) is 3.79. The highest BCUT2D eigenvalue weighted by atomic mass is 19.1. The van der Waals surface area contributed by atoms with E-state index in [9.17, 15) is 9.18 Å². The summed E-state index contributed by atoms with van der Waals surface area (Å²) in [7, 11) is 1.52. The van der Waals surface area contributed by atoms with Crippen molar-refractivity contribution in [2.24, 2.45) is 0 Å². The molecule has 2 aromatic rings. The van der Waals surface area contributed by atoms with Gasteiger partial charge in [-0.3, -0.25) is 4.79 Å². The van der Waals surface area contributed by atoms with Gasteiger partial charge in [0, 0.05) is 18.7 Å². The molecule has 1 aromatic carbocycles. The number of ketones is 1. The molecule has 0 radical (unpaired) electrons. The van der Waals surface area contributed by atoms with Gasteiger partial charge in [-0.1, -0.05) is 18.2 Å². The summed E-state index contributed by atoms with van der Waals surface area (Å²) in [5, 5.41) is 0. The van der Waals surface area contributed by atoms with Gasteiger partial charge in [0.2, 0.25) is 5.88 Å². The van der Waals surface area contributed by atoms with Gasteiger partial charge in [0.1, 0.15) is 5.82 Å². The number of rotatable bonds is 4. The molecule has 0 unspecified atom stereocenters. The number of ether oxygens (including phenoxy) is 1. The lowest BCUT2D eigenvalue weighted by Gasteiger charge is -2.03. The van der Waals surface area contributed by atoms with E-state index >= 15 is 0 Å². The molecule has 1 aromatic heterocycles. The minimum Gasteiger partial charge on any atom is -0.481 e. The summed E-state index contributed by atoms with van der Waals surface area (Å²) in [6.45, 7) is 0. The van der Waals surface area contributed by atoms with E-state index in [2.05, 4.69) is 4.98 Å². The number of pyridine rings is 1. The number of methoxy groups -OCH3 is 1. The van der Waals surface area contributed by atoms with Crippen LogP contribution in [0, 0.1) is 5.82 Å². The molecule has 0 N–H and O–H groups in total. The zero-order valence-electron chi connectivity index (χ0n) is 9.89. The highest BCUT2D eigenvalue weighted by Crippen LogP contribution is 2.12. The Labute approximate surface area is 104 Å². The number of carbonyl (C=O) groups is 1. The summed E-state index contributed by atoms with van der Waals surface area (Å²) in [6, 6.07) is 9.37. The van der Waals surface area contributed by atoms with Gasteiger partial charge < -0.3 is 4.74 Å². The number of aromatic nitrogens is 1. The zero-order valence-corrected chi connectivity index (χ0v) is 9.89. The number of benzene rings is 1. The Morgan fingerprint density at radius 3 is 2.67 bits per heavy atom. The van der Waals surface area contributed by atoms with Gasteiger partial charge in [0.15, 0.2) is 5.78 Å². The number of Topliss-reactive ketones (excluding diaryl/α,β-unsaturated/α-hetero) is 1. The van der Waals surface area contributed by atoms with Gasteiger partial charge >= 0.3 is 0 Å². The van der Waals surface area contributed by atoms with Crippen molar-refractivity contribution < 1.29 is 13.9 Å². The summed E-state index contributed by atoms with van der Waals surface area (Å²) in [5.41, 5.74) is 0.831. The van der Waals surface area contributed by atoms with Gasteiger partial charge in [-0.25, -0.2) is 9.37 Å². The first-order valence-electron chi connectivity index (χ1n) is 5.47. The Hall–Kier alpha value is -2.23. The SMILES string of the molecule is COc1ccc(CC(=O)c2ccccc2F)cn1. The molecule has 0 bridgehead atoms. The highest BCUT2D eigenvalue weighted by Gasteiger charge is 2.11. The van der Waals surface area contributed by atoms with Crippen molar-refractivity contribution in [3.8, 4) is 5.88 Å². The molecule has 2 rings (SSSR count). The maximum Gasteiger partial charge on any atom is 0.212 e. The van der Waals surface area contributed by atoms with Crippen molar-refractivity contribution in [2.75, 3.05) is 7.11 Å². The van der Waals surface area contributed by atoms with Crippen LogP contribution in [-0.4, -0.2) is 17.9 Å². The van der Waals surface area contributed by atoms with Crippen molar-refractivity contribution >= 4 is 5.78 Å². The minimum absolute atomic E-state index is 0.105. The third kappa shape index (κ3) is 2.71. The van der Waals surface area contributed by atoms with Crippen molar-refractivity contribution in [3.63, 3.8) is 0 Å². The van der Waals surface area contributed by atoms with Crippen LogP contribution in [0.2, 0.25) is 0 Å². The van der Waals surface area contributed by atoms with E-state index in [-0.39, 0.29) is 17.8 Å². The molecule has 18 heavy (non-hydrogen) atoms. The normalized spacial score (nSPS) is 10.1. The predicted molar refractivity (Wildman–Crippen MR) is 65.2 cm³/mol. The molecule has 0 atom stereocenters. The van der Waals surface area contributed by atoms with Crippen LogP contribution in [0.1, 0.15) is 15.9 Å². The second-order valence-electron chi connectivity index (χ2n) is 3.79. The summed E-state index contributed by atoms with van der Waals surface area (Å²) in [5.74, 6) is -0.277. The lowest BCUT2D eigenvalue weighted by molar-refractivity contribution is 0.0989. The van der Waals surface area contributed by atoms with Crippen LogP contribution in [0.25, 0.3) is 0 Å². The molecule has 0 aliphatic heterocycles. The van der Waals surface area contributed by atoms with Gasteiger partial charge in [-0.05, 0) is 17.7 Å². The molecule has 92 valence electrons. The van der Waals surface area contributed by atoms with E-state index in [0.717, 1.165) is 5.56 Å². The smallest absolute Gasteiger partial charge is 0.212 e. The van der Waals surface area contributed by atoms with E-state index in [1.165, 1.54) is 19.2 Å². The van der Waals surface area contributed by atoms with Crippen LogP contribution >= 0.6 is 0 Å². The largest absolute Gasteiger partial charge is 0.481 e. The number of halogens is 1. The Kier molecular flexibility index (Phi) is 3.67. The lowest BCUT2D eigenvalue weighted by atomic mass is 10.0. The molecule has 0 amide bonds. The summed E-state index contributed by atoms with van der Waals surface area (Å²) >= 11 is 0. The fraction of sp³-hybridized carbons (Fsp3) is 0.143. The number of hydrogen-bond acceptors (Lipinski definition) is 3. The number of carbonyl (C=O) groups excluding carboxylic acids is 1. The van der Waals surface area contributed by atoms with Crippen LogP contribution in [-0.2, 0) is 6.42 Å².